The first-order valence-corrected chi connectivity index (χ1v) is 13.9. The number of halogens is 1. The van der Waals surface area contributed by atoms with Gasteiger partial charge in [0.25, 0.3) is 11.8 Å². The average molecular weight is 624 g/mol. The van der Waals surface area contributed by atoms with Crippen LogP contribution in [0.1, 0.15) is 12.6 Å². The number of imidazole rings is 1. The third-order valence-corrected chi connectivity index (χ3v) is 8.54. The quantitative estimate of drug-likeness (QED) is 0.0766. The summed E-state index contributed by atoms with van der Waals surface area (Å²) in [7, 11) is 0. The molecule has 3 aromatic heterocycles. The Balaban J connectivity index is 1.37. The Labute approximate surface area is 241 Å². The van der Waals surface area contributed by atoms with Gasteiger partial charge in [0.1, 0.15) is 32.7 Å². The monoisotopic (exact) mass is 623 g/mol. The minimum absolute atomic E-state index is 0.00849. The number of amides is 2. The van der Waals surface area contributed by atoms with E-state index in [1.54, 1.807) is 23.0 Å². The molecule has 0 spiro atoms. The summed E-state index contributed by atoms with van der Waals surface area (Å²) >= 11 is 8.22. The van der Waals surface area contributed by atoms with Gasteiger partial charge in [0.15, 0.2) is 29.8 Å². The Hall–Kier alpha value is -4.42. The number of nitrogens with two attached hydrogens (primary N) is 1. The smallest absolute Gasteiger partial charge is 0.352 e. The molecule has 214 valence electrons. The number of rotatable bonds is 9. The van der Waals surface area contributed by atoms with Crippen molar-refractivity contribution in [3.63, 3.8) is 0 Å². The van der Waals surface area contributed by atoms with Crippen molar-refractivity contribution in [1.82, 2.24) is 25.2 Å². The van der Waals surface area contributed by atoms with Crippen LogP contribution in [-0.2, 0) is 30.6 Å². The third-order valence-electron chi connectivity index (χ3n) is 6.12. The van der Waals surface area contributed by atoms with Gasteiger partial charge >= 0.3 is 17.6 Å². The lowest BCUT2D eigenvalue weighted by molar-refractivity contribution is -0.687. The predicted molar refractivity (Wildman–Crippen MR) is 145 cm³/mol. The molecule has 3 atom stereocenters. The first-order valence-electron chi connectivity index (χ1n) is 11.6. The maximum atomic E-state index is 13.2. The van der Waals surface area contributed by atoms with Crippen LogP contribution in [0.25, 0.3) is 11.0 Å². The zero-order chi connectivity index (χ0) is 29.6. The molecule has 2 aliphatic rings. The fourth-order valence-corrected chi connectivity index (χ4v) is 6.45. The number of thiazole rings is 1. The van der Waals surface area contributed by atoms with Crippen LogP contribution in [0.5, 0.6) is 0 Å². The van der Waals surface area contributed by atoms with Crippen molar-refractivity contribution >= 4 is 80.3 Å². The van der Waals surface area contributed by atoms with Crippen molar-refractivity contribution in [2.75, 3.05) is 11.5 Å². The number of anilines is 1. The van der Waals surface area contributed by atoms with Gasteiger partial charge in [-0.1, -0.05) is 28.1 Å². The number of hydrogen-bond acceptors (Lipinski definition) is 11. The fourth-order valence-electron chi connectivity index (χ4n) is 4.19. The number of nitrogens with zero attached hydrogens (tertiary/aromatic N) is 4. The number of thioether (sulfide) groups is 1. The van der Waals surface area contributed by atoms with Crippen molar-refractivity contribution in [3.05, 3.63) is 50.2 Å². The summed E-state index contributed by atoms with van der Waals surface area (Å²) in [4.78, 5) is 76.5. The number of carboxylic acids is 2. The Morgan fingerprint density at radius 2 is 2.07 bits per heavy atom. The highest BCUT2D eigenvalue weighted by Crippen LogP contribution is 2.40. The van der Waals surface area contributed by atoms with Gasteiger partial charge in [0.2, 0.25) is 6.10 Å². The lowest BCUT2D eigenvalue weighted by atomic mass is 10.0. The number of aromatic nitrogens is 4. The topological polar surface area (TPSA) is 237 Å². The molecule has 5 rings (SSSR count). The van der Waals surface area contributed by atoms with E-state index in [2.05, 4.69) is 25.4 Å². The molecule has 0 bridgehead atoms. The molecule has 5 heterocycles. The number of fused-ring (bicyclic) bond motifs is 2. The second-order valence-corrected chi connectivity index (χ2v) is 11.6. The minimum atomic E-state index is -1.42. The van der Waals surface area contributed by atoms with Crippen LogP contribution < -0.4 is 21.3 Å². The van der Waals surface area contributed by atoms with Gasteiger partial charge in [-0.2, -0.15) is 4.57 Å². The van der Waals surface area contributed by atoms with Crippen molar-refractivity contribution in [2.24, 2.45) is 5.16 Å². The number of carbonyl (C=O) groups is 4. The lowest BCUT2D eigenvalue weighted by Gasteiger charge is -2.49. The summed E-state index contributed by atoms with van der Waals surface area (Å²) in [5.41, 5.74) is 5.96. The number of H-pyrrole nitrogens is 2. The molecular formula is C22H20ClN8O8S2+. The molecule has 1 fully saturated rings. The van der Waals surface area contributed by atoms with Gasteiger partial charge in [-0.25, -0.2) is 19.4 Å². The molecule has 2 amide bonds. The largest absolute Gasteiger partial charge is 0.478 e. The van der Waals surface area contributed by atoms with E-state index < -0.39 is 47.0 Å². The highest BCUT2D eigenvalue weighted by molar-refractivity contribution is 8.00. The van der Waals surface area contributed by atoms with Crippen molar-refractivity contribution in [1.29, 1.82) is 0 Å². The summed E-state index contributed by atoms with van der Waals surface area (Å²) in [6.45, 7) is 1.32. The number of aromatic amines is 2. The molecule has 0 aliphatic carbocycles. The standard InChI is InChI=1S/C22H19ClN8O8S2/c1-7(19(34)35)39-29-12(11-15(23)41-21(24)28-11)16(32)27-13-17(33)31-14(20(36)37)8(6-40-18(13)31)4-30-3-2-9-10(5-30)26-22(38)25-9/h2-3,5,7,13,18H,4,6H2,1H3,(H6,24,26,27,28,32,34,35,36,37,38)/p+1/b29-12-/t7-,13+,18?/m0/s1. The summed E-state index contributed by atoms with van der Waals surface area (Å²) < 4.78 is 1.66. The highest BCUT2D eigenvalue weighted by Gasteiger charge is 2.55. The minimum Gasteiger partial charge on any atom is -0.478 e. The number of carbonyl (C=O) groups excluding carboxylic acids is 2. The summed E-state index contributed by atoms with van der Waals surface area (Å²) in [5.74, 6) is -4.06. The maximum Gasteiger partial charge on any atom is 0.352 e. The number of nitrogen functional groups attached to an aromatic ring is 1. The van der Waals surface area contributed by atoms with Crippen molar-refractivity contribution < 1.29 is 38.8 Å². The fraction of sp³-hybridized carbons (Fsp3) is 0.273. The molecule has 41 heavy (non-hydrogen) atoms. The van der Waals surface area contributed by atoms with Crippen LogP contribution in [0, 0.1) is 0 Å². The summed E-state index contributed by atoms with van der Waals surface area (Å²) in [5, 5.41) is 24.4. The van der Waals surface area contributed by atoms with Crippen LogP contribution in [0.4, 0.5) is 5.13 Å². The molecule has 3 aromatic rings. The van der Waals surface area contributed by atoms with E-state index in [1.807, 2.05) is 0 Å². The van der Waals surface area contributed by atoms with Gasteiger partial charge in [-0.15, -0.1) is 11.8 Å². The predicted octanol–water partition coefficient (Wildman–Crippen LogP) is -0.532. The zero-order valence-corrected chi connectivity index (χ0v) is 23.2. The highest BCUT2D eigenvalue weighted by atomic mass is 35.5. The maximum absolute atomic E-state index is 13.2. The molecular weight excluding hydrogens is 604 g/mol. The number of β-lactam (4-membered cyclic amide) rings is 1. The van der Waals surface area contributed by atoms with E-state index >= 15 is 0 Å². The number of pyridine rings is 1. The molecule has 0 radical (unpaired) electrons. The van der Waals surface area contributed by atoms with Gasteiger partial charge in [-0.05, 0) is 6.92 Å². The number of oxime groups is 1. The van der Waals surface area contributed by atoms with Crippen LogP contribution >= 0.6 is 34.7 Å². The van der Waals surface area contributed by atoms with E-state index in [0.29, 0.717) is 16.6 Å². The van der Waals surface area contributed by atoms with Gasteiger partial charge in [0.05, 0.1) is 5.52 Å². The molecule has 0 aromatic carbocycles. The second-order valence-electron chi connectivity index (χ2n) is 8.84. The number of hydrogen-bond donors (Lipinski definition) is 6. The zero-order valence-electron chi connectivity index (χ0n) is 20.8. The van der Waals surface area contributed by atoms with Gasteiger partial charge in [-0.3, -0.25) is 14.5 Å². The Morgan fingerprint density at radius 1 is 1.34 bits per heavy atom. The molecule has 2 aliphatic heterocycles. The Kier molecular flexibility index (Phi) is 7.45. The van der Waals surface area contributed by atoms with Crippen LogP contribution in [0.15, 0.2) is 39.7 Å². The Morgan fingerprint density at radius 3 is 2.73 bits per heavy atom. The van der Waals surface area contributed by atoms with E-state index in [1.165, 1.54) is 18.7 Å². The van der Waals surface area contributed by atoms with Gasteiger partial charge < -0.3 is 36.1 Å². The summed E-state index contributed by atoms with van der Waals surface area (Å²) in [6, 6.07) is 0.532. The van der Waals surface area contributed by atoms with Crippen LogP contribution in [-0.4, -0.2) is 82.8 Å². The molecule has 16 nitrogen and oxygen atoms in total. The SMILES string of the molecule is C[C@H](O/N=C(\C(=O)N[C@@H]1C(=O)N2C(C(=O)O)=C(C[n+]3ccc4[nH]c(=O)[nH]c4c3)CSC12)c1nc(N)sc1Cl)C(=O)O. The normalized spacial score (nSPS) is 19.5. The number of carboxylic acid groups (broad SMARTS) is 2. The van der Waals surface area contributed by atoms with E-state index in [9.17, 15) is 29.1 Å². The van der Waals surface area contributed by atoms with E-state index in [0.717, 1.165) is 16.2 Å². The second kappa shape index (κ2) is 10.9. The van der Waals surface area contributed by atoms with Gasteiger partial charge in [0, 0.05) is 17.4 Å². The lowest BCUT2D eigenvalue weighted by Crippen LogP contribution is -2.71. The number of nitrogens with one attached hydrogen (secondary N) is 3. The van der Waals surface area contributed by atoms with Crippen molar-refractivity contribution in [2.45, 2.75) is 31.0 Å². The van der Waals surface area contributed by atoms with Crippen LogP contribution in [0.2, 0.25) is 4.34 Å². The van der Waals surface area contributed by atoms with E-state index in [4.69, 9.17) is 27.3 Å². The molecule has 19 heteroatoms. The number of aliphatic carboxylic acids is 2. The molecule has 7 N–H and O–H groups in total. The molecule has 0 saturated carbocycles. The first kappa shape index (κ1) is 28.1. The van der Waals surface area contributed by atoms with E-state index in [-0.39, 0.29) is 38.8 Å². The first-order chi connectivity index (χ1) is 19.4. The third kappa shape index (κ3) is 5.35. The molecule has 1 unspecified atom stereocenters. The average Bonchev–Trinajstić information content (AvgIpc) is 3.45. The molecule has 1 saturated heterocycles. The van der Waals surface area contributed by atoms with Crippen LogP contribution in [0.3, 0.4) is 0 Å². The van der Waals surface area contributed by atoms with Crippen molar-refractivity contribution in [3.8, 4) is 0 Å². The Bertz CT molecular complexity index is 1730. The summed E-state index contributed by atoms with van der Waals surface area (Å²) in [6.07, 6.45) is 1.89.